The number of nitrogens with two attached hydrogens (primary N) is 1. The van der Waals surface area contributed by atoms with Gasteiger partial charge in [-0.1, -0.05) is 33.6 Å². The van der Waals surface area contributed by atoms with Gasteiger partial charge in [0.15, 0.2) is 0 Å². The van der Waals surface area contributed by atoms with E-state index in [9.17, 15) is 4.79 Å². The van der Waals surface area contributed by atoms with E-state index < -0.39 is 0 Å². The molecule has 3 N–H and O–H groups in total. The molecule has 3 nitrogen and oxygen atoms in total. The van der Waals surface area contributed by atoms with Crippen LogP contribution >= 0.6 is 27.5 Å². The second kappa shape index (κ2) is 5.63. The first-order valence-electron chi connectivity index (χ1n) is 5.60. The van der Waals surface area contributed by atoms with Gasteiger partial charge in [0, 0.05) is 15.1 Å². The second-order valence-electron chi connectivity index (χ2n) is 4.14. The first-order valence-corrected chi connectivity index (χ1v) is 6.77. The van der Waals surface area contributed by atoms with Gasteiger partial charge in [0.25, 0.3) is 5.91 Å². The van der Waals surface area contributed by atoms with Crippen LogP contribution < -0.4 is 11.1 Å². The van der Waals surface area contributed by atoms with Gasteiger partial charge in [-0.15, -0.1) is 0 Å². The molecule has 0 fully saturated rings. The zero-order valence-electron chi connectivity index (χ0n) is 10.2. The molecule has 0 atom stereocenters. The highest BCUT2D eigenvalue weighted by Gasteiger charge is 2.11. The summed E-state index contributed by atoms with van der Waals surface area (Å²) in [6.07, 6.45) is 0. The zero-order chi connectivity index (χ0) is 14.0. The maximum absolute atomic E-state index is 12.2. The quantitative estimate of drug-likeness (QED) is 0.804. The third-order valence-corrected chi connectivity index (χ3v) is 3.43. The number of benzene rings is 2. The third-order valence-electron chi connectivity index (χ3n) is 2.71. The van der Waals surface area contributed by atoms with Gasteiger partial charge in [-0.2, -0.15) is 0 Å². The summed E-state index contributed by atoms with van der Waals surface area (Å²) < 4.78 is 0.863. The molecule has 0 radical (unpaired) electrons. The summed E-state index contributed by atoms with van der Waals surface area (Å²) >= 11 is 9.22. The standard InChI is InChI=1S/C14H12BrClN2O/c1-8-2-4-10(16)7-11(8)14(19)18-13-5-3-9(15)6-12(13)17/h2-7H,17H2,1H3,(H,18,19). The van der Waals surface area contributed by atoms with Crippen molar-refractivity contribution in [3.63, 3.8) is 0 Å². The van der Waals surface area contributed by atoms with Gasteiger partial charge in [-0.3, -0.25) is 4.79 Å². The number of carbonyl (C=O) groups is 1. The minimum absolute atomic E-state index is 0.228. The molecule has 19 heavy (non-hydrogen) atoms. The highest BCUT2D eigenvalue weighted by Crippen LogP contribution is 2.24. The molecular formula is C14H12BrClN2O. The van der Waals surface area contributed by atoms with Crippen LogP contribution in [0.3, 0.4) is 0 Å². The monoisotopic (exact) mass is 338 g/mol. The van der Waals surface area contributed by atoms with Crippen molar-refractivity contribution in [3.05, 3.63) is 57.0 Å². The number of hydrogen-bond donors (Lipinski definition) is 2. The molecule has 0 saturated heterocycles. The van der Waals surface area contributed by atoms with E-state index in [2.05, 4.69) is 21.2 Å². The van der Waals surface area contributed by atoms with Crippen LogP contribution in [0.2, 0.25) is 5.02 Å². The molecule has 0 aliphatic rings. The Morgan fingerprint density at radius 1 is 1.26 bits per heavy atom. The Balaban J connectivity index is 2.28. The summed E-state index contributed by atoms with van der Waals surface area (Å²) in [6, 6.07) is 10.5. The van der Waals surface area contributed by atoms with E-state index in [1.807, 2.05) is 19.1 Å². The van der Waals surface area contributed by atoms with Crippen molar-refractivity contribution in [3.8, 4) is 0 Å². The molecule has 0 saturated carbocycles. The first kappa shape index (κ1) is 13.9. The SMILES string of the molecule is Cc1ccc(Cl)cc1C(=O)Nc1ccc(Br)cc1N. The molecule has 2 aromatic carbocycles. The van der Waals surface area contributed by atoms with Crippen LogP contribution in [0, 0.1) is 6.92 Å². The normalized spacial score (nSPS) is 10.3. The Morgan fingerprint density at radius 2 is 2.00 bits per heavy atom. The van der Waals surface area contributed by atoms with Crippen LogP contribution in [-0.2, 0) is 0 Å². The molecule has 0 heterocycles. The lowest BCUT2D eigenvalue weighted by Gasteiger charge is -2.10. The van der Waals surface area contributed by atoms with Gasteiger partial charge < -0.3 is 11.1 Å². The number of aryl methyl sites for hydroxylation is 1. The van der Waals surface area contributed by atoms with Crippen molar-refractivity contribution in [1.82, 2.24) is 0 Å². The van der Waals surface area contributed by atoms with Crippen molar-refractivity contribution >= 4 is 44.8 Å². The van der Waals surface area contributed by atoms with Crippen LogP contribution in [0.15, 0.2) is 40.9 Å². The topological polar surface area (TPSA) is 55.1 Å². The van der Waals surface area contributed by atoms with Crippen LogP contribution in [0.1, 0.15) is 15.9 Å². The predicted octanol–water partition coefficient (Wildman–Crippen LogP) is 4.25. The maximum atomic E-state index is 12.2. The van der Waals surface area contributed by atoms with E-state index in [1.54, 1.807) is 24.3 Å². The van der Waals surface area contributed by atoms with Crippen molar-refractivity contribution in [2.75, 3.05) is 11.1 Å². The van der Waals surface area contributed by atoms with Gasteiger partial charge in [-0.25, -0.2) is 0 Å². The average Bonchev–Trinajstić information content (AvgIpc) is 2.35. The average molecular weight is 340 g/mol. The summed E-state index contributed by atoms with van der Waals surface area (Å²) in [4.78, 5) is 12.2. The van der Waals surface area contributed by atoms with Crippen LogP contribution in [0.4, 0.5) is 11.4 Å². The number of anilines is 2. The smallest absolute Gasteiger partial charge is 0.256 e. The summed E-state index contributed by atoms with van der Waals surface area (Å²) in [5, 5.41) is 3.31. The molecule has 0 bridgehead atoms. The highest BCUT2D eigenvalue weighted by molar-refractivity contribution is 9.10. The molecule has 0 aliphatic heterocycles. The van der Waals surface area contributed by atoms with E-state index in [4.69, 9.17) is 17.3 Å². The van der Waals surface area contributed by atoms with E-state index in [0.29, 0.717) is 22.0 Å². The molecule has 0 unspecified atom stereocenters. The molecule has 5 heteroatoms. The fourth-order valence-electron chi connectivity index (χ4n) is 1.68. The van der Waals surface area contributed by atoms with Gasteiger partial charge in [0.2, 0.25) is 0 Å². The molecule has 2 aromatic rings. The second-order valence-corrected chi connectivity index (χ2v) is 5.50. The molecule has 98 valence electrons. The van der Waals surface area contributed by atoms with E-state index in [-0.39, 0.29) is 5.91 Å². The molecule has 0 spiro atoms. The Hall–Kier alpha value is -1.52. The first-order chi connectivity index (χ1) is 8.97. The predicted molar refractivity (Wildman–Crippen MR) is 82.7 cm³/mol. The molecule has 2 rings (SSSR count). The summed E-state index contributed by atoms with van der Waals surface area (Å²) in [5.41, 5.74) is 8.32. The zero-order valence-corrected chi connectivity index (χ0v) is 12.5. The molecule has 0 aromatic heterocycles. The van der Waals surface area contributed by atoms with Crippen LogP contribution in [0.25, 0.3) is 0 Å². The fraction of sp³-hybridized carbons (Fsp3) is 0.0714. The van der Waals surface area contributed by atoms with E-state index in [0.717, 1.165) is 10.0 Å². The number of amides is 1. The highest BCUT2D eigenvalue weighted by atomic mass is 79.9. The van der Waals surface area contributed by atoms with Crippen molar-refractivity contribution in [2.45, 2.75) is 6.92 Å². The summed E-state index contributed by atoms with van der Waals surface area (Å²) in [5.74, 6) is -0.228. The number of nitrogens with one attached hydrogen (secondary N) is 1. The number of carbonyl (C=O) groups excluding carboxylic acids is 1. The Bertz CT molecular complexity index is 643. The van der Waals surface area contributed by atoms with Crippen LogP contribution in [0.5, 0.6) is 0 Å². The van der Waals surface area contributed by atoms with Crippen molar-refractivity contribution < 1.29 is 4.79 Å². The lowest BCUT2D eigenvalue weighted by Crippen LogP contribution is -2.14. The lowest BCUT2D eigenvalue weighted by atomic mass is 10.1. The number of hydrogen-bond acceptors (Lipinski definition) is 2. The Morgan fingerprint density at radius 3 is 2.68 bits per heavy atom. The van der Waals surface area contributed by atoms with Crippen molar-refractivity contribution in [1.29, 1.82) is 0 Å². The largest absolute Gasteiger partial charge is 0.397 e. The molecule has 1 amide bonds. The number of halogens is 2. The molecule has 0 aliphatic carbocycles. The maximum Gasteiger partial charge on any atom is 0.256 e. The Labute approximate surface area is 124 Å². The van der Waals surface area contributed by atoms with Crippen LogP contribution in [-0.4, -0.2) is 5.91 Å². The third kappa shape index (κ3) is 3.28. The lowest BCUT2D eigenvalue weighted by molar-refractivity contribution is 0.102. The van der Waals surface area contributed by atoms with E-state index >= 15 is 0 Å². The van der Waals surface area contributed by atoms with Crippen molar-refractivity contribution in [2.24, 2.45) is 0 Å². The molecular weight excluding hydrogens is 328 g/mol. The van der Waals surface area contributed by atoms with Gasteiger partial charge >= 0.3 is 0 Å². The minimum atomic E-state index is -0.228. The number of rotatable bonds is 2. The number of nitrogen functional groups attached to an aromatic ring is 1. The summed E-state index contributed by atoms with van der Waals surface area (Å²) in [7, 11) is 0. The fourth-order valence-corrected chi connectivity index (χ4v) is 2.23. The van der Waals surface area contributed by atoms with Gasteiger partial charge in [0.05, 0.1) is 11.4 Å². The van der Waals surface area contributed by atoms with E-state index in [1.165, 1.54) is 0 Å². The Kier molecular flexibility index (Phi) is 4.12. The minimum Gasteiger partial charge on any atom is -0.397 e. The summed E-state index contributed by atoms with van der Waals surface area (Å²) in [6.45, 7) is 1.86. The van der Waals surface area contributed by atoms with Gasteiger partial charge in [0.1, 0.15) is 0 Å². The van der Waals surface area contributed by atoms with Gasteiger partial charge in [-0.05, 0) is 42.8 Å².